The second-order valence-electron chi connectivity index (χ2n) is 17.6. The molecule has 4 heterocycles. The van der Waals surface area contributed by atoms with Gasteiger partial charge >= 0.3 is 17.9 Å². The smallest absolute Gasteiger partial charge is 0.316 e. The van der Waals surface area contributed by atoms with Crippen LogP contribution in [-0.4, -0.2) is 124 Å². The van der Waals surface area contributed by atoms with Crippen molar-refractivity contribution in [3.05, 3.63) is 82.2 Å². The van der Waals surface area contributed by atoms with E-state index < -0.39 is 52.7 Å². The number of aliphatic carboxylic acids is 2. The molecule has 4 aliphatic rings. The largest absolute Gasteiger partial charge is 0.481 e. The molecule has 2 N–H and O–H groups in total. The average Bonchev–Trinajstić information content (AvgIpc) is 3.86. The van der Waals surface area contributed by atoms with Gasteiger partial charge in [-0.25, -0.2) is 0 Å². The van der Waals surface area contributed by atoms with Crippen molar-refractivity contribution in [2.45, 2.75) is 124 Å². The lowest BCUT2D eigenvalue weighted by molar-refractivity contribution is -0.281. The van der Waals surface area contributed by atoms with Crippen LogP contribution in [0.5, 0.6) is 0 Å². The third kappa shape index (κ3) is 24.3. The van der Waals surface area contributed by atoms with Gasteiger partial charge in [-0.1, -0.05) is 78.6 Å². The minimum atomic E-state index is -0.893. The van der Waals surface area contributed by atoms with Gasteiger partial charge in [0.25, 0.3) is 5.97 Å². The first kappa shape index (κ1) is 59.1. The highest BCUT2D eigenvalue weighted by molar-refractivity contribution is 5.81. The van der Waals surface area contributed by atoms with Gasteiger partial charge < -0.3 is 62.4 Å². The normalized spacial score (nSPS) is 20.7. The number of carbonyl (C=O) groups is 5. The van der Waals surface area contributed by atoms with Crippen molar-refractivity contribution in [3.8, 4) is 0 Å². The Bertz CT molecular complexity index is 1840. The number of ketones is 1. The monoisotopic (exact) mass is 961 g/mol. The van der Waals surface area contributed by atoms with E-state index in [1.807, 2.05) is 74.5 Å². The highest BCUT2D eigenvalue weighted by Crippen LogP contribution is 2.31. The van der Waals surface area contributed by atoms with Gasteiger partial charge in [-0.05, 0) is 66.8 Å². The fourth-order valence-corrected chi connectivity index (χ4v) is 5.80. The number of azide groups is 1. The molecule has 0 amide bonds. The Morgan fingerprint density at radius 1 is 0.662 bits per heavy atom. The van der Waals surface area contributed by atoms with E-state index in [4.69, 9.17) is 67.9 Å². The number of unbranched alkanes of at least 4 members (excludes halogenated alkanes) is 3. The lowest BCUT2D eigenvalue weighted by Gasteiger charge is -2.39. The number of Topliss-reactive ketones (excluding diaryl/α,β-unsaturated/α-hetero) is 1. The zero-order valence-electron chi connectivity index (χ0n) is 40.7. The molecule has 0 saturated carbocycles. The minimum Gasteiger partial charge on any atom is -0.481 e. The average molecular weight is 962 g/mol. The van der Waals surface area contributed by atoms with Gasteiger partial charge in [0.2, 0.25) is 0 Å². The molecule has 0 unspecified atom stereocenters. The summed E-state index contributed by atoms with van der Waals surface area (Å²) >= 11 is 0. The Hall–Kier alpha value is -5.02. The number of carbonyl (C=O) groups excluding carboxylic acids is 3. The van der Waals surface area contributed by atoms with Crippen LogP contribution in [-0.2, 0) is 71.3 Å². The maximum absolute atomic E-state index is 12.1. The Kier molecular flexibility index (Phi) is 26.5. The Morgan fingerprint density at radius 2 is 1.10 bits per heavy atom. The van der Waals surface area contributed by atoms with Crippen LogP contribution >= 0.6 is 0 Å². The second-order valence-corrected chi connectivity index (χ2v) is 17.6. The number of carboxylic acids is 2. The minimum absolute atomic E-state index is 0.0257. The summed E-state index contributed by atoms with van der Waals surface area (Å²) in [5.74, 6) is -3.68. The number of rotatable bonds is 15. The summed E-state index contributed by atoms with van der Waals surface area (Å²) in [6.45, 7) is 17.1. The maximum Gasteiger partial charge on any atom is 0.316 e. The fourth-order valence-electron chi connectivity index (χ4n) is 5.80. The third-order valence-electron chi connectivity index (χ3n) is 10.0. The lowest BCUT2D eigenvalue weighted by atomic mass is 9.92. The predicted molar refractivity (Wildman–Crippen MR) is 245 cm³/mol. The van der Waals surface area contributed by atoms with Crippen LogP contribution in [0.4, 0.5) is 0 Å². The van der Waals surface area contributed by atoms with Crippen molar-refractivity contribution in [2.75, 3.05) is 66.0 Å². The van der Waals surface area contributed by atoms with E-state index in [2.05, 4.69) is 10.0 Å². The molecule has 6 rings (SSSR count). The quantitative estimate of drug-likeness (QED) is 0.0565. The molecule has 20 heteroatoms. The highest BCUT2D eigenvalue weighted by Gasteiger charge is 2.44. The summed E-state index contributed by atoms with van der Waals surface area (Å²) in [5, 5.41) is 19.7. The number of benzene rings is 2. The number of ether oxygens (including phenoxy) is 10. The van der Waals surface area contributed by atoms with E-state index >= 15 is 0 Å². The standard InChI is InChI=1S/C15H18O5.C14H25N3O4.C9H10O2.C8H14O4.C2H4O2/c1-11(16)7-8-14(17)20-13-9-18-15(19-10-13)12-5-3-2-4-6-12;1-13(2)20-10-14(3,11-21-13)12(18)19-9-7-5-4-6-8-16-17-15;1-2-4-8(5-3-1)9-10-6-7-11-9;1-7(2)11-4-8(3,5-12-7)6(9)10;1-2(3)4/h2-6,13,15H,7-10H2,1H3;4-11H2,1-3H3;1-5,9H,6-7H2;4-5H2,1-3H3,(H,9,10);1H3,(H,3,4). The Morgan fingerprint density at radius 3 is 1.54 bits per heavy atom. The molecular weight excluding hydrogens is 891 g/mol. The molecule has 4 saturated heterocycles. The summed E-state index contributed by atoms with van der Waals surface area (Å²) in [5.41, 5.74) is 8.55. The second kappa shape index (κ2) is 30.5. The maximum atomic E-state index is 12.1. The predicted octanol–water partition coefficient (Wildman–Crippen LogP) is 7.89. The van der Waals surface area contributed by atoms with Crippen LogP contribution < -0.4 is 0 Å². The molecule has 0 radical (unpaired) electrons. The number of carboxylic acid groups (broad SMARTS) is 2. The molecule has 2 aromatic rings. The molecule has 20 nitrogen and oxygen atoms in total. The molecule has 2 aromatic carbocycles. The first-order valence-electron chi connectivity index (χ1n) is 22.5. The van der Waals surface area contributed by atoms with Crippen LogP contribution in [0, 0.1) is 10.8 Å². The van der Waals surface area contributed by atoms with E-state index in [0.717, 1.165) is 43.7 Å². The molecule has 380 valence electrons. The van der Waals surface area contributed by atoms with Crippen molar-refractivity contribution < 1.29 is 81.6 Å². The number of hydrogen-bond donors (Lipinski definition) is 2. The van der Waals surface area contributed by atoms with E-state index in [0.29, 0.717) is 52.8 Å². The van der Waals surface area contributed by atoms with Crippen molar-refractivity contribution in [3.63, 3.8) is 0 Å². The van der Waals surface area contributed by atoms with Crippen molar-refractivity contribution in [1.82, 2.24) is 0 Å². The fraction of sp³-hybridized carbons (Fsp3) is 0.646. The topological polar surface area (TPSA) is 267 Å². The van der Waals surface area contributed by atoms with Gasteiger partial charge in [-0.15, -0.1) is 0 Å². The molecule has 4 aliphatic heterocycles. The summed E-state index contributed by atoms with van der Waals surface area (Å²) in [6.07, 6.45) is 2.96. The molecule has 0 aromatic heterocycles. The van der Waals surface area contributed by atoms with Crippen LogP contribution in [0.2, 0.25) is 0 Å². The summed E-state index contributed by atoms with van der Waals surface area (Å²) < 4.78 is 53.7. The Labute approximate surface area is 398 Å². The van der Waals surface area contributed by atoms with Crippen LogP contribution in [0.1, 0.15) is 118 Å². The van der Waals surface area contributed by atoms with Crippen molar-refractivity contribution in [2.24, 2.45) is 15.9 Å². The molecule has 0 bridgehead atoms. The zero-order valence-corrected chi connectivity index (χ0v) is 40.7. The van der Waals surface area contributed by atoms with Gasteiger partial charge in [0.1, 0.15) is 22.7 Å². The zero-order chi connectivity index (χ0) is 50.6. The first-order chi connectivity index (χ1) is 32.1. The molecule has 0 spiro atoms. The van der Waals surface area contributed by atoms with E-state index in [1.165, 1.54) is 6.92 Å². The van der Waals surface area contributed by atoms with Crippen molar-refractivity contribution >= 4 is 29.7 Å². The van der Waals surface area contributed by atoms with E-state index in [-0.39, 0.29) is 44.1 Å². The summed E-state index contributed by atoms with van der Waals surface area (Å²) in [7, 11) is 0. The SMILES string of the molecule is CC(=O)CCC(=O)OC1COC(c2ccccc2)OC1.CC(=O)O.CC1(C)OCC(C)(C(=O)O)CO1.CC1(C)OCC(C)(C(=O)OCCCCCCN=[N+]=[N-])CO1.c1ccc(C2OCCO2)cc1. The van der Waals surface area contributed by atoms with Crippen LogP contribution in [0.15, 0.2) is 65.8 Å². The van der Waals surface area contributed by atoms with Crippen LogP contribution in [0.25, 0.3) is 10.4 Å². The van der Waals surface area contributed by atoms with Gasteiger partial charge in [0.15, 0.2) is 24.2 Å². The molecule has 0 atom stereocenters. The highest BCUT2D eigenvalue weighted by atomic mass is 16.7. The summed E-state index contributed by atoms with van der Waals surface area (Å²) in [4.78, 5) is 56.8. The van der Waals surface area contributed by atoms with Gasteiger partial charge in [-0.3, -0.25) is 19.2 Å². The first-order valence-corrected chi connectivity index (χ1v) is 22.5. The van der Waals surface area contributed by atoms with Gasteiger partial charge in [0.05, 0.1) is 65.9 Å². The molecule has 0 aliphatic carbocycles. The van der Waals surface area contributed by atoms with E-state index in [1.54, 1.807) is 27.7 Å². The number of esters is 2. The third-order valence-corrected chi connectivity index (χ3v) is 10.0. The molecular formula is C48H71N3O17. The number of hydrogen-bond acceptors (Lipinski definition) is 16. The van der Waals surface area contributed by atoms with Crippen LogP contribution in [0.3, 0.4) is 0 Å². The van der Waals surface area contributed by atoms with Gasteiger partial charge in [0, 0.05) is 35.9 Å². The molecule has 68 heavy (non-hydrogen) atoms. The Balaban J connectivity index is 0.000000312. The number of nitrogens with zero attached hydrogens (tertiary/aromatic N) is 3. The van der Waals surface area contributed by atoms with Gasteiger partial charge in [-0.2, -0.15) is 0 Å². The molecule has 4 fully saturated rings. The summed E-state index contributed by atoms with van der Waals surface area (Å²) in [6, 6.07) is 19.6. The van der Waals surface area contributed by atoms with E-state index in [9.17, 15) is 19.2 Å². The lowest BCUT2D eigenvalue weighted by Crippen LogP contribution is -2.49. The van der Waals surface area contributed by atoms with Crippen molar-refractivity contribution in [1.29, 1.82) is 0 Å².